The molecule has 1 fully saturated rings. The number of nitrogens with zero attached hydrogens (tertiary/aromatic N) is 1. The standard InChI is InChI=1S/C14H21N3O2.2ClH/c1-19-13-5-3-2-4-12(13)16-9-14(18)17-7-6-11(8-15)10-17;;/h2-5,11,16H,6-10,15H2,1H3;2*1H. The van der Waals surface area contributed by atoms with Crippen LogP contribution in [0.15, 0.2) is 24.3 Å². The Balaban J connectivity index is 0.00000200. The predicted octanol–water partition coefficient (Wildman–Crippen LogP) is 1.76. The molecule has 0 saturated carbocycles. The monoisotopic (exact) mass is 335 g/mol. The summed E-state index contributed by atoms with van der Waals surface area (Å²) >= 11 is 0. The Bertz CT molecular complexity index is 446. The predicted molar refractivity (Wildman–Crippen MR) is 89.7 cm³/mol. The van der Waals surface area contributed by atoms with Crippen molar-refractivity contribution in [1.29, 1.82) is 0 Å². The van der Waals surface area contributed by atoms with E-state index in [2.05, 4.69) is 5.32 Å². The molecule has 2 rings (SSSR count). The summed E-state index contributed by atoms with van der Waals surface area (Å²) < 4.78 is 5.23. The summed E-state index contributed by atoms with van der Waals surface area (Å²) in [5, 5.41) is 3.13. The summed E-state index contributed by atoms with van der Waals surface area (Å²) in [6.07, 6.45) is 1.01. The van der Waals surface area contributed by atoms with Gasteiger partial charge in [-0.1, -0.05) is 12.1 Å². The van der Waals surface area contributed by atoms with Crippen LogP contribution in [0.25, 0.3) is 0 Å². The van der Waals surface area contributed by atoms with Gasteiger partial charge in [0.2, 0.25) is 5.91 Å². The topological polar surface area (TPSA) is 67.6 Å². The number of rotatable bonds is 5. The van der Waals surface area contributed by atoms with Crippen molar-refractivity contribution in [2.45, 2.75) is 6.42 Å². The molecule has 1 amide bonds. The number of benzene rings is 1. The number of halogens is 2. The summed E-state index contributed by atoms with van der Waals surface area (Å²) in [7, 11) is 1.62. The zero-order valence-electron chi connectivity index (χ0n) is 12.1. The molecule has 3 N–H and O–H groups in total. The third-order valence-electron chi connectivity index (χ3n) is 3.51. The van der Waals surface area contributed by atoms with Gasteiger partial charge in [0.15, 0.2) is 0 Å². The fourth-order valence-corrected chi connectivity index (χ4v) is 2.32. The van der Waals surface area contributed by atoms with E-state index in [0.717, 1.165) is 30.9 Å². The lowest BCUT2D eigenvalue weighted by Crippen LogP contribution is -2.34. The van der Waals surface area contributed by atoms with Crippen LogP contribution in [-0.2, 0) is 4.79 Å². The molecule has 1 saturated heterocycles. The molecule has 1 unspecified atom stereocenters. The maximum atomic E-state index is 12.1. The molecule has 1 atom stereocenters. The number of carbonyl (C=O) groups is 1. The van der Waals surface area contributed by atoms with E-state index in [4.69, 9.17) is 10.5 Å². The van der Waals surface area contributed by atoms with Gasteiger partial charge in [0.25, 0.3) is 0 Å². The number of ether oxygens (including phenoxy) is 1. The van der Waals surface area contributed by atoms with Crippen LogP contribution in [0.5, 0.6) is 5.75 Å². The molecule has 21 heavy (non-hydrogen) atoms. The fraction of sp³-hybridized carbons (Fsp3) is 0.500. The Morgan fingerprint density at radius 3 is 2.76 bits per heavy atom. The molecule has 120 valence electrons. The number of carbonyl (C=O) groups excluding carboxylic acids is 1. The molecule has 1 aromatic rings. The van der Waals surface area contributed by atoms with E-state index in [1.54, 1.807) is 7.11 Å². The first-order valence-electron chi connectivity index (χ1n) is 6.59. The lowest BCUT2D eigenvalue weighted by molar-refractivity contribution is -0.128. The van der Waals surface area contributed by atoms with Crippen LogP contribution in [-0.4, -0.2) is 44.1 Å². The SMILES string of the molecule is COc1ccccc1NCC(=O)N1CCC(CN)C1.Cl.Cl. The second-order valence-corrected chi connectivity index (χ2v) is 4.78. The van der Waals surface area contributed by atoms with Crippen LogP contribution in [0.3, 0.4) is 0 Å². The van der Waals surface area contributed by atoms with E-state index < -0.39 is 0 Å². The van der Waals surface area contributed by atoms with Crippen molar-refractivity contribution in [3.05, 3.63) is 24.3 Å². The van der Waals surface area contributed by atoms with Crippen molar-refractivity contribution in [2.24, 2.45) is 11.7 Å². The third-order valence-corrected chi connectivity index (χ3v) is 3.51. The highest BCUT2D eigenvalue weighted by atomic mass is 35.5. The number of nitrogens with two attached hydrogens (primary N) is 1. The minimum Gasteiger partial charge on any atom is -0.495 e. The minimum absolute atomic E-state index is 0. The van der Waals surface area contributed by atoms with Crippen LogP contribution in [0.1, 0.15) is 6.42 Å². The number of hydrogen-bond acceptors (Lipinski definition) is 4. The first kappa shape index (κ1) is 19.8. The first-order chi connectivity index (χ1) is 9.24. The lowest BCUT2D eigenvalue weighted by atomic mass is 10.1. The Morgan fingerprint density at radius 1 is 1.43 bits per heavy atom. The molecule has 0 spiro atoms. The molecule has 5 nitrogen and oxygen atoms in total. The van der Waals surface area contributed by atoms with Crippen molar-refractivity contribution in [3.8, 4) is 5.75 Å². The van der Waals surface area contributed by atoms with Crippen molar-refractivity contribution in [3.63, 3.8) is 0 Å². The maximum absolute atomic E-state index is 12.1. The zero-order valence-corrected chi connectivity index (χ0v) is 13.7. The summed E-state index contributed by atoms with van der Waals surface area (Å²) in [6.45, 7) is 2.54. The molecule has 0 aromatic heterocycles. The second-order valence-electron chi connectivity index (χ2n) is 4.78. The Hall–Kier alpha value is -1.17. The van der Waals surface area contributed by atoms with Gasteiger partial charge in [-0.15, -0.1) is 24.8 Å². The van der Waals surface area contributed by atoms with Crippen molar-refractivity contribution < 1.29 is 9.53 Å². The van der Waals surface area contributed by atoms with Gasteiger partial charge in [-0.3, -0.25) is 4.79 Å². The molecular formula is C14H23Cl2N3O2. The van der Waals surface area contributed by atoms with Gasteiger partial charge in [-0.25, -0.2) is 0 Å². The normalized spacial score (nSPS) is 16.7. The average molecular weight is 336 g/mol. The van der Waals surface area contributed by atoms with Crippen molar-refractivity contribution in [2.75, 3.05) is 38.6 Å². The summed E-state index contributed by atoms with van der Waals surface area (Å²) in [5.74, 6) is 1.31. The molecule has 1 aliphatic rings. The summed E-state index contributed by atoms with van der Waals surface area (Å²) in [6, 6.07) is 7.58. The van der Waals surface area contributed by atoms with E-state index in [0.29, 0.717) is 12.5 Å². The minimum atomic E-state index is 0. The number of hydrogen-bond donors (Lipinski definition) is 2. The molecule has 7 heteroatoms. The van der Waals surface area contributed by atoms with Gasteiger partial charge in [-0.2, -0.15) is 0 Å². The molecule has 0 bridgehead atoms. The van der Waals surface area contributed by atoms with Crippen molar-refractivity contribution in [1.82, 2.24) is 4.90 Å². The lowest BCUT2D eigenvalue weighted by Gasteiger charge is -2.17. The van der Waals surface area contributed by atoms with Crippen LogP contribution in [0.2, 0.25) is 0 Å². The summed E-state index contributed by atoms with van der Waals surface area (Å²) in [5.41, 5.74) is 6.47. The first-order valence-corrected chi connectivity index (χ1v) is 6.59. The molecule has 1 aliphatic heterocycles. The van der Waals surface area contributed by atoms with E-state index in [9.17, 15) is 4.79 Å². The molecule has 0 radical (unpaired) electrons. The number of amides is 1. The fourth-order valence-electron chi connectivity index (χ4n) is 2.32. The van der Waals surface area contributed by atoms with Gasteiger partial charge in [-0.05, 0) is 31.0 Å². The van der Waals surface area contributed by atoms with Crippen LogP contribution in [0, 0.1) is 5.92 Å². The largest absolute Gasteiger partial charge is 0.495 e. The van der Waals surface area contributed by atoms with E-state index >= 15 is 0 Å². The number of nitrogens with one attached hydrogen (secondary N) is 1. The molecular weight excluding hydrogens is 313 g/mol. The van der Waals surface area contributed by atoms with Crippen LogP contribution in [0.4, 0.5) is 5.69 Å². The zero-order chi connectivity index (χ0) is 13.7. The molecule has 1 heterocycles. The third kappa shape index (κ3) is 5.26. The van der Waals surface area contributed by atoms with E-state index in [1.165, 1.54) is 0 Å². The Morgan fingerprint density at radius 2 is 2.14 bits per heavy atom. The molecule has 0 aliphatic carbocycles. The Kier molecular flexibility index (Phi) is 9.17. The van der Waals surface area contributed by atoms with Gasteiger partial charge in [0, 0.05) is 13.1 Å². The number of para-hydroxylation sites is 2. The Labute approximate surface area is 138 Å². The quantitative estimate of drug-likeness (QED) is 0.860. The van der Waals surface area contributed by atoms with Gasteiger partial charge in [0.05, 0.1) is 19.3 Å². The van der Waals surface area contributed by atoms with Crippen LogP contribution < -0.4 is 15.8 Å². The van der Waals surface area contributed by atoms with Gasteiger partial charge >= 0.3 is 0 Å². The highest BCUT2D eigenvalue weighted by molar-refractivity contribution is 5.85. The van der Waals surface area contributed by atoms with Crippen molar-refractivity contribution >= 4 is 36.4 Å². The van der Waals surface area contributed by atoms with Gasteiger partial charge in [0.1, 0.15) is 5.75 Å². The van der Waals surface area contributed by atoms with Crippen LogP contribution >= 0.6 is 24.8 Å². The summed E-state index contributed by atoms with van der Waals surface area (Å²) in [4.78, 5) is 13.9. The highest BCUT2D eigenvalue weighted by Crippen LogP contribution is 2.23. The number of methoxy groups -OCH3 is 1. The maximum Gasteiger partial charge on any atom is 0.241 e. The van der Waals surface area contributed by atoms with E-state index in [1.807, 2.05) is 29.2 Å². The van der Waals surface area contributed by atoms with Gasteiger partial charge < -0.3 is 20.7 Å². The molecule has 1 aromatic carbocycles. The highest BCUT2D eigenvalue weighted by Gasteiger charge is 2.24. The van der Waals surface area contributed by atoms with E-state index in [-0.39, 0.29) is 37.3 Å². The number of anilines is 1. The average Bonchev–Trinajstić information content (AvgIpc) is 2.94. The smallest absolute Gasteiger partial charge is 0.241 e. The number of likely N-dealkylation sites (tertiary alicyclic amines) is 1. The second kappa shape index (κ2) is 9.71.